The fraction of sp³-hybridized carbons (Fsp3) is 0.571. The topological polar surface area (TPSA) is 53.6 Å². The lowest BCUT2D eigenvalue weighted by Crippen LogP contribution is -2.43. The Labute approximate surface area is 107 Å². The van der Waals surface area contributed by atoms with Crippen LogP contribution in [-0.4, -0.2) is 28.0 Å². The molecule has 1 unspecified atom stereocenters. The van der Waals surface area contributed by atoms with Gasteiger partial charge in [0.1, 0.15) is 5.82 Å². The monoisotopic (exact) mass is 244 g/mol. The van der Waals surface area contributed by atoms with Crippen molar-refractivity contribution < 1.29 is 0 Å². The summed E-state index contributed by atoms with van der Waals surface area (Å²) >= 11 is 0. The van der Waals surface area contributed by atoms with E-state index in [-0.39, 0.29) is 5.41 Å². The van der Waals surface area contributed by atoms with Gasteiger partial charge in [0.05, 0.1) is 5.52 Å². The van der Waals surface area contributed by atoms with E-state index in [1.807, 2.05) is 13.0 Å². The van der Waals surface area contributed by atoms with Gasteiger partial charge in [0, 0.05) is 17.7 Å². The molecule has 1 atom stereocenters. The van der Waals surface area contributed by atoms with E-state index < -0.39 is 0 Å². The molecule has 4 nitrogen and oxygen atoms in total. The summed E-state index contributed by atoms with van der Waals surface area (Å²) in [6, 6.07) is 4.11. The van der Waals surface area contributed by atoms with E-state index in [9.17, 15) is 0 Å². The molecule has 1 saturated heterocycles. The van der Waals surface area contributed by atoms with Crippen LogP contribution in [0.2, 0.25) is 0 Å². The van der Waals surface area contributed by atoms with E-state index in [0.29, 0.717) is 0 Å². The molecule has 3 rings (SSSR count). The van der Waals surface area contributed by atoms with Gasteiger partial charge in [0.2, 0.25) is 0 Å². The van der Waals surface area contributed by atoms with E-state index in [4.69, 9.17) is 4.98 Å². The Morgan fingerprint density at radius 3 is 2.94 bits per heavy atom. The highest BCUT2D eigenvalue weighted by Crippen LogP contribution is 2.33. The summed E-state index contributed by atoms with van der Waals surface area (Å²) in [5.41, 5.74) is 3.08. The number of aryl methyl sites for hydroxylation is 1. The molecular formula is C14H20N4. The lowest BCUT2D eigenvalue weighted by Gasteiger charge is -2.35. The van der Waals surface area contributed by atoms with Gasteiger partial charge in [-0.2, -0.15) is 0 Å². The highest BCUT2D eigenvalue weighted by Gasteiger charge is 2.35. The summed E-state index contributed by atoms with van der Waals surface area (Å²) in [6.07, 6.45) is 3.53. The van der Waals surface area contributed by atoms with Crippen LogP contribution in [0.15, 0.2) is 12.1 Å². The molecule has 0 saturated carbocycles. The number of pyridine rings is 1. The largest absolute Gasteiger partial charge is 0.340 e. The van der Waals surface area contributed by atoms with Crippen LogP contribution < -0.4 is 5.32 Å². The minimum absolute atomic E-state index is 0.160. The molecule has 1 fully saturated rings. The molecule has 1 aliphatic rings. The molecule has 0 radical (unpaired) electrons. The van der Waals surface area contributed by atoms with Crippen LogP contribution >= 0.6 is 0 Å². The smallest absolute Gasteiger partial charge is 0.177 e. The van der Waals surface area contributed by atoms with Crippen molar-refractivity contribution in [2.75, 3.05) is 13.1 Å². The Morgan fingerprint density at radius 1 is 1.33 bits per heavy atom. The van der Waals surface area contributed by atoms with Crippen molar-refractivity contribution in [2.24, 2.45) is 0 Å². The zero-order valence-electron chi connectivity index (χ0n) is 11.1. The van der Waals surface area contributed by atoms with Gasteiger partial charge >= 0.3 is 0 Å². The van der Waals surface area contributed by atoms with Crippen LogP contribution in [0, 0.1) is 6.92 Å². The van der Waals surface area contributed by atoms with Crippen molar-refractivity contribution in [3.05, 3.63) is 23.7 Å². The van der Waals surface area contributed by atoms with Crippen molar-refractivity contribution in [3.63, 3.8) is 0 Å². The first-order chi connectivity index (χ1) is 8.73. The summed E-state index contributed by atoms with van der Waals surface area (Å²) in [5, 5.41) is 3.50. The van der Waals surface area contributed by atoms with Gasteiger partial charge in [-0.3, -0.25) is 0 Å². The van der Waals surface area contributed by atoms with E-state index in [1.165, 1.54) is 12.8 Å². The molecule has 4 heteroatoms. The highest BCUT2D eigenvalue weighted by molar-refractivity contribution is 5.70. The quantitative estimate of drug-likeness (QED) is 0.852. The molecule has 0 aromatic carbocycles. The normalized spacial score (nSPS) is 24.6. The molecule has 0 aliphatic carbocycles. The standard InChI is InChI=1S/C14H20N4/c1-3-14(7-4-8-15-9-14)13-17-11-6-5-10(2)16-12(11)18-13/h5-6,15H,3-4,7-9H2,1-2H3,(H,16,17,18). The molecule has 0 bridgehead atoms. The third-order valence-electron chi connectivity index (χ3n) is 4.14. The zero-order chi connectivity index (χ0) is 12.6. The number of H-pyrrole nitrogens is 1. The number of imidazole rings is 1. The number of aromatic amines is 1. The highest BCUT2D eigenvalue weighted by atomic mass is 15.0. The molecule has 2 aromatic heterocycles. The third-order valence-corrected chi connectivity index (χ3v) is 4.14. The van der Waals surface area contributed by atoms with Gasteiger partial charge in [0.15, 0.2) is 5.65 Å². The third kappa shape index (κ3) is 1.81. The van der Waals surface area contributed by atoms with Crippen molar-refractivity contribution in [1.29, 1.82) is 0 Å². The Balaban J connectivity index is 2.06. The molecule has 0 amide bonds. The average molecular weight is 244 g/mol. The van der Waals surface area contributed by atoms with E-state index in [2.05, 4.69) is 28.3 Å². The molecular weight excluding hydrogens is 224 g/mol. The van der Waals surface area contributed by atoms with Crippen molar-refractivity contribution in [3.8, 4) is 0 Å². The van der Waals surface area contributed by atoms with Crippen LogP contribution in [0.5, 0.6) is 0 Å². The average Bonchev–Trinajstić information content (AvgIpc) is 2.83. The fourth-order valence-electron chi connectivity index (χ4n) is 2.88. The Hall–Kier alpha value is -1.42. The molecule has 0 spiro atoms. The van der Waals surface area contributed by atoms with Gasteiger partial charge in [-0.05, 0) is 44.9 Å². The lowest BCUT2D eigenvalue weighted by atomic mass is 9.77. The van der Waals surface area contributed by atoms with E-state index >= 15 is 0 Å². The van der Waals surface area contributed by atoms with Crippen LogP contribution in [0.4, 0.5) is 0 Å². The van der Waals surface area contributed by atoms with Crippen LogP contribution in [0.1, 0.15) is 37.7 Å². The summed E-state index contributed by atoms with van der Waals surface area (Å²) in [6.45, 7) is 6.39. The number of aromatic nitrogens is 3. The zero-order valence-corrected chi connectivity index (χ0v) is 11.1. The first kappa shape index (κ1) is 11.7. The Morgan fingerprint density at radius 2 is 2.22 bits per heavy atom. The predicted molar refractivity (Wildman–Crippen MR) is 72.7 cm³/mol. The van der Waals surface area contributed by atoms with Crippen molar-refractivity contribution in [2.45, 2.75) is 38.5 Å². The molecule has 3 heterocycles. The number of fused-ring (bicyclic) bond motifs is 1. The van der Waals surface area contributed by atoms with Gasteiger partial charge < -0.3 is 10.3 Å². The van der Waals surface area contributed by atoms with E-state index in [1.54, 1.807) is 0 Å². The number of piperidine rings is 1. The second-order valence-electron chi connectivity index (χ2n) is 5.32. The summed E-state index contributed by atoms with van der Waals surface area (Å²) in [4.78, 5) is 12.7. The summed E-state index contributed by atoms with van der Waals surface area (Å²) < 4.78 is 0. The first-order valence-corrected chi connectivity index (χ1v) is 6.78. The van der Waals surface area contributed by atoms with Crippen LogP contribution in [-0.2, 0) is 5.41 Å². The molecule has 2 aromatic rings. The number of nitrogens with one attached hydrogen (secondary N) is 2. The van der Waals surface area contributed by atoms with Crippen LogP contribution in [0.25, 0.3) is 11.2 Å². The second-order valence-corrected chi connectivity index (χ2v) is 5.32. The first-order valence-electron chi connectivity index (χ1n) is 6.78. The number of hydrogen-bond acceptors (Lipinski definition) is 3. The number of rotatable bonds is 2. The van der Waals surface area contributed by atoms with Crippen LogP contribution in [0.3, 0.4) is 0 Å². The molecule has 18 heavy (non-hydrogen) atoms. The summed E-state index contributed by atoms with van der Waals surface area (Å²) in [5.74, 6) is 1.10. The minimum atomic E-state index is 0.160. The van der Waals surface area contributed by atoms with Gasteiger partial charge in [0.25, 0.3) is 0 Å². The van der Waals surface area contributed by atoms with Crippen molar-refractivity contribution >= 4 is 11.2 Å². The van der Waals surface area contributed by atoms with Gasteiger partial charge in [-0.15, -0.1) is 0 Å². The summed E-state index contributed by atoms with van der Waals surface area (Å²) in [7, 11) is 0. The van der Waals surface area contributed by atoms with Crippen molar-refractivity contribution in [1.82, 2.24) is 20.3 Å². The molecule has 2 N–H and O–H groups in total. The predicted octanol–water partition coefficient (Wildman–Crippen LogP) is 2.30. The van der Waals surface area contributed by atoms with Gasteiger partial charge in [-0.1, -0.05) is 6.92 Å². The van der Waals surface area contributed by atoms with Gasteiger partial charge in [-0.25, -0.2) is 9.97 Å². The molecule has 96 valence electrons. The maximum atomic E-state index is 4.73. The number of hydrogen-bond donors (Lipinski definition) is 2. The van der Waals surface area contributed by atoms with E-state index in [0.717, 1.165) is 42.2 Å². The minimum Gasteiger partial charge on any atom is -0.340 e. The lowest BCUT2D eigenvalue weighted by molar-refractivity contribution is 0.290. The maximum Gasteiger partial charge on any atom is 0.177 e. The Kier molecular flexibility index (Phi) is 2.82. The Bertz CT molecular complexity index is 552. The maximum absolute atomic E-state index is 4.73. The fourth-order valence-corrected chi connectivity index (χ4v) is 2.88. The molecule has 1 aliphatic heterocycles. The number of nitrogens with zero attached hydrogens (tertiary/aromatic N) is 2. The second kappa shape index (κ2) is 4.35. The SMILES string of the molecule is CCC1(c2nc3nc(C)ccc3[nH]2)CCCNC1.